The molecule has 0 bridgehead atoms. The maximum Gasteiger partial charge on any atom is 0.251 e. The number of likely N-dealkylation sites (tertiary alicyclic amines) is 1. The van der Waals surface area contributed by atoms with Crippen LogP contribution < -0.4 is 5.32 Å². The number of hydrogen-bond acceptors (Lipinski definition) is 2. The topological polar surface area (TPSA) is 32.3 Å². The van der Waals surface area contributed by atoms with Gasteiger partial charge in [-0.25, -0.2) is 0 Å². The molecule has 80 valence electrons. The van der Waals surface area contributed by atoms with Crippen LogP contribution in [0.2, 0.25) is 0 Å². The molecular weight excluding hydrogens is 188 g/mol. The number of nitrogens with one attached hydrogen (secondary N) is 1. The van der Waals surface area contributed by atoms with E-state index in [0.29, 0.717) is 6.04 Å². The number of nitrogens with zero attached hydrogens (tertiary/aromatic N) is 1. The molecule has 1 amide bonds. The second-order valence-electron chi connectivity index (χ2n) is 4.26. The van der Waals surface area contributed by atoms with Crippen LogP contribution in [0, 0.1) is 6.92 Å². The predicted molar refractivity (Wildman–Crippen MR) is 59.9 cm³/mol. The van der Waals surface area contributed by atoms with E-state index >= 15 is 0 Å². The van der Waals surface area contributed by atoms with Crippen LogP contribution in [0.25, 0.3) is 0 Å². The van der Waals surface area contributed by atoms with Crippen LogP contribution >= 0.6 is 0 Å². The van der Waals surface area contributed by atoms with Crippen LogP contribution in [0.5, 0.6) is 0 Å². The molecule has 1 aromatic carbocycles. The fraction of sp³-hybridized carbons (Fsp3) is 0.417. The average molecular weight is 204 g/mol. The fourth-order valence-electron chi connectivity index (χ4n) is 1.76. The van der Waals surface area contributed by atoms with Crippen molar-refractivity contribution in [3.8, 4) is 0 Å². The van der Waals surface area contributed by atoms with Gasteiger partial charge in [0, 0.05) is 18.7 Å². The van der Waals surface area contributed by atoms with Gasteiger partial charge in [-0.15, -0.1) is 0 Å². The van der Waals surface area contributed by atoms with Gasteiger partial charge in [0.15, 0.2) is 0 Å². The van der Waals surface area contributed by atoms with Gasteiger partial charge in [-0.2, -0.15) is 0 Å². The van der Waals surface area contributed by atoms with Gasteiger partial charge in [-0.3, -0.25) is 4.79 Å². The van der Waals surface area contributed by atoms with Gasteiger partial charge in [0.1, 0.15) is 0 Å². The molecule has 0 spiro atoms. The first-order chi connectivity index (χ1) is 7.15. The quantitative estimate of drug-likeness (QED) is 0.780. The molecule has 0 radical (unpaired) electrons. The van der Waals surface area contributed by atoms with Crippen LogP contribution in [-0.4, -0.2) is 37.0 Å². The van der Waals surface area contributed by atoms with Crippen molar-refractivity contribution in [2.24, 2.45) is 0 Å². The Kier molecular flexibility index (Phi) is 2.73. The fourth-order valence-corrected chi connectivity index (χ4v) is 1.76. The van der Waals surface area contributed by atoms with Crippen molar-refractivity contribution in [3.05, 3.63) is 35.4 Å². The molecule has 0 aliphatic carbocycles. The maximum atomic E-state index is 11.7. The Balaban J connectivity index is 1.93. The van der Waals surface area contributed by atoms with Crippen LogP contribution in [-0.2, 0) is 0 Å². The predicted octanol–water partition coefficient (Wildman–Crippen LogP) is 1.04. The maximum absolute atomic E-state index is 11.7. The molecule has 1 saturated heterocycles. The monoisotopic (exact) mass is 204 g/mol. The Bertz CT molecular complexity index is 352. The molecule has 0 saturated carbocycles. The van der Waals surface area contributed by atoms with Gasteiger partial charge in [-0.05, 0) is 26.1 Å². The van der Waals surface area contributed by atoms with Crippen molar-refractivity contribution in [3.63, 3.8) is 0 Å². The molecule has 1 aliphatic heterocycles. The number of amides is 1. The Morgan fingerprint density at radius 3 is 2.47 bits per heavy atom. The zero-order chi connectivity index (χ0) is 10.8. The van der Waals surface area contributed by atoms with Gasteiger partial charge in [0.25, 0.3) is 5.91 Å². The Morgan fingerprint density at radius 2 is 1.93 bits per heavy atom. The lowest BCUT2D eigenvalue weighted by atomic mass is 10.1. The summed E-state index contributed by atoms with van der Waals surface area (Å²) in [6.07, 6.45) is 0. The summed E-state index contributed by atoms with van der Waals surface area (Å²) in [6, 6.07) is 7.98. The summed E-state index contributed by atoms with van der Waals surface area (Å²) >= 11 is 0. The first kappa shape index (κ1) is 10.2. The molecule has 1 fully saturated rings. The van der Waals surface area contributed by atoms with Gasteiger partial charge >= 0.3 is 0 Å². The SMILES string of the molecule is Cc1ccc(C(=O)NC2CN(C)C2)cc1. The molecule has 2 rings (SSSR count). The van der Waals surface area contributed by atoms with Crippen LogP contribution in [0.1, 0.15) is 15.9 Å². The van der Waals surface area contributed by atoms with E-state index in [1.54, 1.807) is 0 Å². The first-order valence-corrected chi connectivity index (χ1v) is 5.21. The van der Waals surface area contributed by atoms with Gasteiger partial charge in [-0.1, -0.05) is 17.7 Å². The van der Waals surface area contributed by atoms with E-state index in [2.05, 4.69) is 17.3 Å². The van der Waals surface area contributed by atoms with Crippen molar-refractivity contribution in [2.45, 2.75) is 13.0 Å². The lowest BCUT2D eigenvalue weighted by Crippen LogP contribution is -2.57. The van der Waals surface area contributed by atoms with E-state index in [4.69, 9.17) is 0 Å². The zero-order valence-electron chi connectivity index (χ0n) is 9.16. The number of hydrogen-bond donors (Lipinski definition) is 1. The third-order valence-electron chi connectivity index (χ3n) is 2.71. The lowest BCUT2D eigenvalue weighted by Gasteiger charge is -2.36. The number of carbonyl (C=O) groups is 1. The van der Waals surface area contributed by atoms with Gasteiger partial charge in [0.2, 0.25) is 0 Å². The highest BCUT2D eigenvalue weighted by molar-refractivity contribution is 5.94. The highest BCUT2D eigenvalue weighted by Gasteiger charge is 2.24. The Morgan fingerprint density at radius 1 is 1.33 bits per heavy atom. The highest BCUT2D eigenvalue weighted by Crippen LogP contribution is 2.07. The zero-order valence-corrected chi connectivity index (χ0v) is 9.16. The lowest BCUT2D eigenvalue weighted by molar-refractivity contribution is 0.0858. The van der Waals surface area contributed by atoms with E-state index < -0.39 is 0 Å². The van der Waals surface area contributed by atoms with Crippen molar-refractivity contribution in [1.82, 2.24) is 10.2 Å². The smallest absolute Gasteiger partial charge is 0.251 e. The average Bonchev–Trinajstić information content (AvgIpc) is 2.16. The Labute approximate surface area is 90.1 Å². The van der Waals surface area contributed by atoms with Crippen molar-refractivity contribution in [1.29, 1.82) is 0 Å². The summed E-state index contributed by atoms with van der Waals surface area (Å²) in [7, 11) is 2.05. The van der Waals surface area contributed by atoms with E-state index in [1.165, 1.54) is 5.56 Å². The second kappa shape index (κ2) is 4.03. The number of benzene rings is 1. The summed E-state index contributed by atoms with van der Waals surface area (Å²) in [5, 5.41) is 3.00. The third kappa shape index (κ3) is 2.36. The molecule has 15 heavy (non-hydrogen) atoms. The molecule has 0 atom stereocenters. The number of aryl methyl sites for hydroxylation is 1. The molecule has 1 heterocycles. The molecule has 3 nitrogen and oxygen atoms in total. The van der Waals surface area contributed by atoms with E-state index in [-0.39, 0.29) is 5.91 Å². The minimum Gasteiger partial charge on any atom is -0.347 e. The molecule has 1 N–H and O–H groups in total. The minimum atomic E-state index is 0.0353. The molecule has 3 heteroatoms. The summed E-state index contributed by atoms with van der Waals surface area (Å²) in [5.74, 6) is 0.0353. The van der Waals surface area contributed by atoms with Crippen molar-refractivity contribution < 1.29 is 4.79 Å². The van der Waals surface area contributed by atoms with Crippen molar-refractivity contribution >= 4 is 5.91 Å². The van der Waals surface area contributed by atoms with E-state index in [1.807, 2.05) is 31.2 Å². The molecule has 0 aromatic heterocycles. The Hall–Kier alpha value is -1.35. The van der Waals surface area contributed by atoms with Crippen molar-refractivity contribution in [2.75, 3.05) is 20.1 Å². The largest absolute Gasteiger partial charge is 0.347 e. The van der Waals surface area contributed by atoms with Crippen LogP contribution in [0.3, 0.4) is 0 Å². The molecular formula is C12H16N2O. The van der Waals surface area contributed by atoms with Gasteiger partial charge < -0.3 is 10.2 Å². The summed E-state index contributed by atoms with van der Waals surface area (Å²) in [4.78, 5) is 13.9. The molecule has 0 unspecified atom stereocenters. The summed E-state index contributed by atoms with van der Waals surface area (Å²) < 4.78 is 0. The number of rotatable bonds is 2. The summed E-state index contributed by atoms with van der Waals surface area (Å²) in [6.45, 7) is 3.93. The van der Waals surface area contributed by atoms with Gasteiger partial charge in [0.05, 0.1) is 6.04 Å². The molecule has 1 aliphatic rings. The highest BCUT2D eigenvalue weighted by atomic mass is 16.1. The summed E-state index contributed by atoms with van der Waals surface area (Å²) in [5.41, 5.74) is 1.92. The second-order valence-corrected chi connectivity index (χ2v) is 4.26. The van der Waals surface area contributed by atoms with E-state index in [0.717, 1.165) is 18.7 Å². The number of carbonyl (C=O) groups excluding carboxylic acids is 1. The first-order valence-electron chi connectivity index (χ1n) is 5.21. The third-order valence-corrected chi connectivity index (χ3v) is 2.71. The number of likely N-dealkylation sites (N-methyl/N-ethyl adjacent to an activating group) is 1. The normalized spacial score (nSPS) is 17.2. The molecule has 1 aromatic rings. The van der Waals surface area contributed by atoms with E-state index in [9.17, 15) is 4.79 Å². The van der Waals surface area contributed by atoms with Crippen LogP contribution in [0.4, 0.5) is 0 Å². The standard InChI is InChI=1S/C12H16N2O/c1-9-3-5-10(6-4-9)12(15)13-11-7-14(2)8-11/h3-6,11H,7-8H2,1-2H3,(H,13,15). The van der Waals surface area contributed by atoms with Crippen LogP contribution in [0.15, 0.2) is 24.3 Å². The minimum absolute atomic E-state index is 0.0353.